The second kappa shape index (κ2) is 6.96. The number of aryl methyl sites for hydroxylation is 1. The molecule has 0 atom stereocenters. The van der Waals surface area contributed by atoms with Crippen LogP contribution >= 0.6 is 11.3 Å². The van der Waals surface area contributed by atoms with Gasteiger partial charge in [0.2, 0.25) is 5.91 Å². The minimum Gasteiger partial charge on any atom is -0.448 e. The average molecular weight is 349 g/mol. The Balaban J connectivity index is 1.61. The van der Waals surface area contributed by atoms with Crippen LogP contribution < -0.4 is 5.32 Å². The molecule has 1 aromatic heterocycles. The van der Waals surface area contributed by atoms with Gasteiger partial charge in [-0.15, -0.1) is 11.3 Å². The Morgan fingerprint density at radius 2 is 2.17 bits per heavy atom. The summed E-state index contributed by atoms with van der Waals surface area (Å²) in [6.45, 7) is 3.09. The third-order valence-electron chi connectivity index (χ3n) is 3.61. The Labute approximate surface area is 142 Å². The largest absolute Gasteiger partial charge is 0.448 e. The third-order valence-corrected chi connectivity index (χ3v) is 4.50. The van der Waals surface area contributed by atoms with Gasteiger partial charge in [0.1, 0.15) is 12.4 Å². The standard InChI is InChI=1S/C16H16FN3O3S/c1-10-14(11-2-4-12(17)5-3-11)19-15(24-10)18-13(21)6-7-20-8-9-23-16(20)22/h2-5H,6-9H2,1H3,(H,18,19,21). The number of carbonyl (C=O) groups excluding carboxylic acids is 2. The van der Waals surface area contributed by atoms with E-state index < -0.39 is 0 Å². The number of anilines is 1. The van der Waals surface area contributed by atoms with Crippen molar-refractivity contribution in [2.45, 2.75) is 13.3 Å². The van der Waals surface area contributed by atoms with Crippen molar-refractivity contribution in [1.29, 1.82) is 0 Å². The summed E-state index contributed by atoms with van der Waals surface area (Å²) in [5.41, 5.74) is 1.52. The number of amides is 2. The molecular formula is C16H16FN3O3S. The van der Waals surface area contributed by atoms with E-state index in [2.05, 4.69) is 10.3 Å². The molecule has 1 N–H and O–H groups in total. The van der Waals surface area contributed by atoms with Gasteiger partial charge in [-0.05, 0) is 31.2 Å². The average Bonchev–Trinajstić information content (AvgIpc) is 3.12. The number of aromatic nitrogens is 1. The summed E-state index contributed by atoms with van der Waals surface area (Å²) >= 11 is 1.36. The maximum atomic E-state index is 13.0. The van der Waals surface area contributed by atoms with Crippen LogP contribution in [-0.4, -0.2) is 41.6 Å². The summed E-state index contributed by atoms with van der Waals surface area (Å²) in [5.74, 6) is -0.519. The van der Waals surface area contributed by atoms with E-state index in [-0.39, 0.29) is 24.2 Å². The molecule has 6 nitrogen and oxygen atoms in total. The monoisotopic (exact) mass is 349 g/mol. The molecule has 3 rings (SSSR count). The molecule has 24 heavy (non-hydrogen) atoms. The zero-order chi connectivity index (χ0) is 17.1. The van der Waals surface area contributed by atoms with Crippen molar-refractivity contribution in [2.75, 3.05) is 25.0 Å². The minimum atomic E-state index is -0.383. The van der Waals surface area contributed by atoms with Crippen molar-refractivity contribution in [2.24, 2.45) is 0 Å². The molecule has 1 fully saturated rings. The van der Waals surface area contributed by atoms with Gasteiger partial charge < -0.3 is 15.0 Å². The molecule has 0 unspecified atom stereocenters. The summed E-state index contributed by atoms with van der Waals surface area (Å²) < 4.78 is 17.8. The van der Waals surface area contributed by atoms with Crippen molar-refractivity contribution >= 4 is 28.5 Å². The fourth-order valence-electron chi connectivity index (χ4n) is 2.37. The summed E-state index contributed by atoms with van der Waals surface area (Å²) in [6, 6.07) is 6.06. The van der Waals surface area contributed by atoms with Gasteiger partial charge in [-0.2, -0.15) is 0 Å². The SMILES string of the molecule is Cc1sc(NC(=O)CCN2CCOC2=O)nc1-c1ccc(F)cc1. The molecule has 1 saturated heterocycles. The van der Waals surface area contributed by atoms with Crippen LogP contribution in [0.1, 0.15) is 11.3 Å². The predicted molar refractivity (Wildman–Crippen MR) is 88.4 cm³/mol. The zero-order valence-corrected chi connectivity index (χ0v) is 13.9. The summed E-state index contributed by atoms with van der Waals surface area (Å²) in [4.78, 5) is 30.1. The van der Waals surface area contributed by atoms with Gasteiger partial charge in [-0.25, -0.2) is 14.2 Å². The van der Waals surface area contributed by atoms with Crippen molar-refractivity contribution in [3.8, 4) is 11.3 Å². The lowest BCUT2D eigenvalue weighted by Gasteiger charge is -2.11. The summed E-state index contributed by atoms with van der Waals surface area (Å²) in [5, 5.41) is 3.23. The quantitative estimate of drug-likeness (QED) is 0.901. The normalized spacial score (nSPS) is 13.9. The number of ether oxygens (including phenoxy) is 1. The Morgan fingerprint density at radius 3 is 2.83 bits per heavy atom. The highest BCUT2D eigenvalue weighted by molar-refractivity contribution is 7.16. The molecule has 1 aliphatic heterocycles. The lowest BCUT2D eigenvalue weighted by atomic mass is 10.1. The second-order valence-electron chi connectivity index (χ2n) is 5.33. The molecule has 0 radical (unpaired) electrons. The van der Waals surface area contributed by atoms with Crippen LogP contribution in [0.2, 0.25) is 0 Å². The smallest absolute Gasteiger partial charge is 0.409 e. The highest BCUT2D eigenvalue weighted by Crippen LogP contribution is 2.30. The maximum Gasteiger partial charge on any atom is 0.409 e. The van der Waals surface area contributed by atoms with Crippen LogP contribution in [-0.2, 0) is 9.53 Å². The molecule has 1 aliphatic rings. The lowest BCUT2D eigenvalue weighted by Crippen LogP contribution is -2.28. The number of cyclic esters (lactones) is 1. The van der Waals surface area contributed by atoms with Crippen molar-refractivity contribution in [1.82, 2.24) is 9.88 Å². The van der Waals surface area contributed by atoms with E-state index in [1.54, 1.807) is 12.1 Å². The van der Waals surface area contributed by atoms with E-state index in [1.165, 1.54) is 28.4 Å². The molecule has 2 heterocycles. The Hall–Kier alpha value is -2.48. The molecule has 0 aliphatic carbocycles. The molecule has 1 aromatic carbocycles. The van der Waals surface area contributed by atoms with Crippen LogP contribution in [0.4, 0.5) is 14.3 Å². The first kappa shape index (κ1) is 16.4. The Bertz CT molecular complexity index is 760. The molecule has 0 bridgehead atoms. The number of halogens is 1. The van der Waals surface area contributed by atoms with Gasteiger partial charge in [-0.1, -0.05) is 0 Å². The molecule has 0 spiro atoms. The molecular weight excluding hydrogens is 333 g/mol. The van der Waals surface area contributed by atoms with E-state index in [4.69, 9.17) is 4.74 Å². The minimum absolute atomic E-state index is 0.180. The van der Waals surface area contributed by atoms with Crippen LogP contribution in [0, 0.1) is 12.7 Å². The molecule has 0 saturated carbocycles. The van der Waals surface area contributed by atoms with E-state index >= 15 is 0 Å². The van der Waals surface area contributed by atoms with Gasteiger partial charge in [-0.3, -0.25) is 4.79 Å². The molecule has 2 aromatic rings. The van der Waals surface area contributed by atoms with Gasteiger partial charge in [0.25, 0.3) is 0 Å². The van der Waals surface area contributed by atoms with E-state index in [0.717, 1.165) is 16.1 Å². The zero-order valence-electron chi connectivity index (χ0n) is 13.0. The second-order valence-corrected chi connectivity index (χ2v) is 6.53. The van der Waals surface area contributed by atoms with Gasteiger partial charge in [0.15, 0.2) is 5.13 Å². The number of carbonyl (C=O) groups is 2. The van der Waals surface area contributed by atoms with Gasteiger partial charge in [0.05, 0.1) is 12.2 Å². The number of thiazole rings is 1. The number of hydrogen-bond acceptors (Lipinski definition) is 5. The van der Waals surface area contributed by atoms with E-state index in [9.17, 15) is 14.0 Å². The first-order valence-electron chi connectivity index (χ1n) is 7.48. The first-order chi connectivity index (χ1) is 11.5. The van der Waals surface area contributed by atoms with Crippen molar-refractivity contribution < 1.29 is 18.7 Å². The highest BCUT2D eigenvalue weighted by atomic mass is 32.1. The summed E-state index contributed by atoms with van der Waals surface area (Å²) in [7, 11) is 0. The fourth-order valence-corrected chi connectivity index (χ4v) is 3.22. The van der Waals surface area contributed by atoms with Crippen molar-refractivity contribution in [3.05, 3.63) is 35.0 Å². The summed E-state index contributed by atoms with van der Waals surface area (Å²) in [6.07, 6.45) is -0.203. The van der Waals surface area contributed by atoms with Gasteiger partial charge >= 0.3 is 6.09 Å². The van der Waals surface area contributed by atoms with Crippen LogP contribution in [0.15, 0.2) is 24.3 Å². The highest BCUT2D eigenvalue weighted by Gasteiger charge is 2.22. The van der Waals surface area contributed by atoms with Gasteiger partial charge in [0, 0.05) is 23.4 Å². The number of hydrogen-bond donors (Lipinski definition) is 1. The first-order valence-corrected chi connectivity index (χ1v) is 8.29. The fraction of sp³-hybridized carbons (Fsp3) is 0.312. The number of nitrogens with zero attached hydrogens (tertiary/aromatic N) is 2. The Morgan fingerprint density at radius 1 is 1.42 bits per heavy atom. The topological polar surface area (TPSA) is 71.5 Å². The Kier molecular flexibility index (Phi) is 4.75. The lowest BCUT2D eigenvalue weighted by molar-refractivity contribution is -0.116. The maximum absolute atomic E-state index is 13.0. The predicted octanol–water partition coefficient (Wildman–Crippen LogP) is 3.04. The van der Waals surface area contributed by atoms with Crippen LogP contribution in [0.25, 0.3) is 11.3 Å². The van der Waals surface area contributed by atoms with Crippen LogP contribution in [0.5, 0.6) is 0 Å². The molecule has 8 heteroatoms. The molecule has 126 valence electrons. The van der Waals surface area contributed by atoms with Crippen molar-refractivity contribution in [3.63, 3.8) is 0 Å². The van der Waals surface area contributed by atoms with E-state index in [1.807, 2.05) is 6.92 Å². The third kappa shape index (κ3) is 3.70. The number of nitrogens with one attached hydrogen (secondary N) is 1. The van der Waals surface area contributed by atoms with Crippen LogP contribution in [0.3, 0.4) is 0 Å². The van der Waals surface area contributed by atoms with E-state index in [0.29, 0.717) is 24.8 Å². The number of rotatable bonds is 5. The number of benzene rings is 1. The molecule has 2 amide bonds.